The summed E-state index contributed by atoms with van der Waals surface area (Å²) in [5, 5.41) is 1.98. The summed E-state index contributed by atoms with van der Waals surface area (Å²) in [5.74, 6) is 2.77. The van der Waals surface area contributed by atoms with Crippen LogP contribution in [0.25, 0.3) is 67.1 Å². The van der Waals surface area contributed by atoms with Crippen LogP contribution in [0.15, 0.2) is 140 Å². The molecule has 9 nitrogen and oxygen atoms in total. The van der Waals surface area contributed by atoms with Gasteiger partial charge in [-0.25, -0.2) is 15.0 Å². The number of hydrogen-bond acceptors (Lipinski definition) is 9. The minimum Gasteiger partial charge on any atom is -0.255 e. The van der Waals surface area contributed by atoms with E-state index in [4.69, 9.17) is 28.9 Å². The molecule has 0 radical (unpaired) electrons. The third-order valence-corrected chi connectivity index (χ3v) is 8.49. The van der Waals surface area contributed by atoms with E-state index in [0.29, 0.717) is 23.0 Å². The van der Waals surface area contributed by atoms with Gasteiger partial charge in [-0.1, -0.05) is 54.6 Å². The number of rotatable bonds is 8. The maximum atomic E-state index is 9.87. The molecule has 0 saturated heterocycles. The summed E-state index contributed by atoms with van der Waals surface area (Å²) >= 11 is 0. The topological polar surface area (TPSA) is 101 Å². The third-order valence-electron chi connectivity index (χ3n) is 8.49. The van der Waals surface area contributed by atoms with Crippen molar-refractivity contribution in [2.45, 2.75) is 0 Å². The zero-order chi connectivity index (χ0) is 42.3. The first kappa shape index (κ1) is 44.8. The van der Waals surface area contributed by atoms with Gasteiger partial charge in [-0.15, -0.1) is 0 Å². The predicted octanol–water partition coefficient (Wildman–Crippen LogP) is 12.7. The number of benzene rings is 3. The van der Waals surface area contributed by atoms with Gasteiger partial charge in [0.1, 0.15) is 23.0 Å². The van der Waals surface area contributed by atoms with Crippen molar-refractivity contribution < 1.29 is 61.2 Å². The Labute approximate surface area is 351 Å². The van der Waals surface area contributed by atoms with Crippen molar-refractivity contribution in [1.82, 2.24) is 24.9 Å². The fourth-order valence-electron chi connectivity index (χ4n) is 6.00. The molecule has 0 aliphatic carbocycles. The molecule has 5 aromatic heterocycles. The van der Waals surface area contributed by atoms with Gasteiger partial charge in [-0.3, -0.25) is 9.97 Å². The molecule has 314 valence electrons. The Morgan fingerprint density at radius 2 is 0.683 bits per heavy atom. The minimum absolute atomic E-state index is 0. The number of methoxy groups -OCH3 is 4. The molecule has 5 heterocycles. The fraction of sp³-hybridized carbons (Fsp3) is 0.0930. The normalized spacial score (nSPS) is 12.0. The zero-order valence-corrected chi connectivity index (χ0v) is 34.0. The van der Waals surface area contributed by atoms with E-state index in [1.54, 1.807) is 40.8 Å². The van der Waals surface area contributed by atoms with Crippen LogP contribution >= 0.6 is 7.81 Å². The Kier molecular flexibility index (Phi) is 13.3. The van der Waals surface area contributed by atoms with Gasteiger partial charge in [0.25, 0.3) is 0 Å². The second-order valence-electron chi connectivity index (χ2n) is 12.5. The molecular formula is C43H35CuF6N5O4P. The molecule has 0 fully saturated rings. The van der Waals surface area contributed by atoms with E-state index in [1.807, 2.05) is 115 Å². The summed E-state index contributed by atoms with van der Waals surface area (Å²) in [6, 6.07) is 41.0. The molecule has 3 aromatic carbocycles. The van der Waals surface area contributed by atoms with Crippen LogP contribution in [-0.4, -0.2) is 53.4 Å². The van der Waals surface area contributed by atoms with Crippen molar-refractivity contribution >= 4 is 29.6 Å². The van der Waals surface area contributed by atoms with Gasteiger partial charge < -0.3 is 18.9 Å². The Morgan fingerprint density at radius 3 is 1.00 bits per heavy atom. The number of aromatic nitrogens is 5. The monoisotopic (exact) mass is 893 g/mol. The van der Waals surface area contributed by atoms with Crippen molar-refractivity contribution in [1.29, 1.82) is 0 Å². The van der Waals surface area contributed by atoms with Gasteiger partial charge >= 0.3 is 50.1 Å². The van der Waals surface area contributed by atoms with Gasteiger partial charge in [0, 0.05) is 23.2 Å². The Hall–Kier alpha value is -6.34. The largest absolute Gasteiger partial charge is 1.00 e. The van der Waals surface area contributed by atoms with Gasteiger partial charge in [0.2, 0.25) is 0 Å². The maximum absolute atomic E-state index is 10.7. The van der Waals surface area contributed by atoms with Crippen LogP contribution in [0.1, 0.15) is 0 Å². The molecule has 0 saturated carbocycles. The molecule has 0 atom stereocenters. The molecule has 0 N–H and O–H groups in total. The molecule has 0 aliphatic heterocycles. The van der Waals surface area contributed by atoms with Crippen molar-refractivity contribution in [2.24, 2.45) is 0 Å². The third kappa shape index (κ3) is 11.7. The van der Waals surface area contributed by atoms with E-state index in [1.165, 1.54) is 0 Å². The van der Waals surface area contributed by atoms with Crippen LogP contribution in [0.2, 0.25) is 0 Å². The SMILES string of the molecule is COc1cccc(OC)c1-c1ccc2ccc3ccc(-c4c(OC)cccc4OC)nc3c2n1.F[P-](F)(F)(F)(F)F.[Cu+].c1ccc(-c2cccc(-c3ccccn3)n2)nc1. The van der Waals surface area contributed by atoms with Gasteiger partial charge in [0.15, 0.2) is 0 Å². The average Bonchev–Trinajstić information content (AvgIpc) is 3.25. The van der Waals surface area contributed by atoms with Gasteiger partial charge in [-0.2, -0.15) is 0 Å². The van der Waals surface area contributed by atoms with E-state index >= 15 is 0 Å². The standard InChI is InChI=1S/C28H24N2O4.C15H11N3.Cu.F6P/c1-31-21-7-5-8-22(32-2)25(21)19-15-13-17-11-12-18-14-16-20(30-28(18)27(17)29-19)26-23(33-3)9-6-10-24(26)34-4;1-3-10-16-12(6-1)14-8-5-9-15(18-14)13-7-2-4-11-17-13;;1-7(2,3,4,5)6/h5-16H,1-4H3;1-11H;;/q;;+1;-1. The summed E-state index contributed by atoms with van der Waals surface area (Å²) < 4.78 is 81.6. The molecular weight excluding hydrogens is 859 g/mol. The van der Waals surface area contributed by atoms with E-state index in [2.05, 4.69) is 27.1 Å². The summed E-state index contributed by atoms with van der Waals surface area (Å²) in [5.41, 5.74) is 8.14. The number of halogens is 6. The summed E-state index contributed by atoms with van der Waals surface area (Å²) in [6.07, 6.45) is 3.54. The minimum atomic E-state index is -10.7. The molecule has 60 heavy (non-hydrogen) atoms. The molecule has 0 amide bonds. The Bertz CT molecular complexity index is 2510. The molecule has 0 unspecified atom stereocenters. The number of hydrogen-bond donors (Lipinski definition) is 0. The van der Waals surface area contributed by atoms with Crippen molar-refractivity contribution in [3.63, 3.8) is 0 Å². The fourth-order valence-corrected chi connectivity index (χ4v) is 6.00. The Balaban J connectivity index is 0.000000219. The molecule has 8 rings (SSSR count). The second kappa shape index (κ2) is 17.9. The van der Waals surface area contributed by atoms with Crippen molar-refractivity contribution in [2.75, 3.05) is 28.4 Å². The van der Waals surface area contributed by atoms with Crippen LogP contribution in [0.5, 0.6) is 23.0 Å². The van der Waals surface area contributed by atoms with Gasteiger partial charge in [0.05, 0.1) is 84.8 Å². The molecule has 17 heteroatoms. The summed E-state index contributed by atoms with van der Waals surface area (Å²) in [4.78, 5) is 23.2. The molecule has 8 aromatic rings. The van der Waals surface area contributed by atoms with E-state index in [9.17, 15) is 25.2 Å². The summed E-state index contributed by atoms with van der Waals surface area (Å²) in [7, 11) is -4.09. The van der Waals surface area contributed by atoms with E-state index < -0.39 is 7.81 Å². The number of fused-ring (bicyclic) bond motifs is 3. The van der Waals surface area contributed by atoms with Crippen LogP contribution in [0.4, 0.5) is 25.2 Å². The first-order chi connectivity index (χ1) is 28.1. The van der Waals surface area contributed by atoms with E-state index in [0.717, 1.165) is 67.1 Å². The first-order valence-corrected chi connectivity index (χ1v) is 19.6. The number of pyridine rings is 5. The average molecular weight is 894 g/mol. The van der Waals surface area contributed by atoms with Crippen molar-refractivity contribution in [3.8, 4) is 68.3 Å². The zero-order valence-electron chi connectivity index (χ0n) is 32.2. The predicted molar refractivity (Wildman–Crippen MR) is 218 cm³/mol. The van der Waals surface area contributed by atoms with Crippen LogP contribution in [0, 0.1) is 0 Å². The van der Waals surface area contributed by atoms with E-state index in [-0.39, 0.29) is 17.1 Å². The maximum Gasteiger partial charge on any atom is 1.00 e. The van der Waals surface area contributed by atoms with Crippen LogP contribution in [0.3, 0.4) is 0 Å². The second-order valence-corrected chi connectivity index (χ2v) is 14.4. The van der Waals surface area contributed by atoms with Crippen molar-refractivity contribution in [3.05, 3.63) is 140 Å². The van der Waals surface area contributed by atoms with Crippen LogP contribution < -0.4 is 18.9 Å². The number of nitrogens with zero attached hydrogens (tertiary/aromatic N) is 5. The van der Waals surface area contributed by atoms with Gasteiger partial charge in [-0.05, 0) is 72.8 Å². The first-order valence-electron chi connectivity index (χ1n) is 17.6. The molecule has 0 aliphatic rings. The summed E-state index contributed by atoms with van der Waals surface area (Å²) in [6.45, 7) is 0. The van der Waals surface area contributed by atoms with Crippen LogP contribution in [-0.2, 0) is 17.1 Å². The Morgan fingerprint density at radius 1 is 0.367 bits per heavy atom. The quantitative estimate of drug-likeness (QED) is 0.0638. The molecule has 0 bridgehead atoms. The molecule has 0 spiro atoms. The smallest absolute Gasteiger partial charge is 0.255 e. The number of ether oxygens (including phenoxy) is 4.